The van der Waals surface area contributed by atoms with Crippen molar-refractivity contribution in [2.45, 2.75) is 39.9 Å². The summed E-state index contributed by atoms with van der Waals surface area (Å²) in [5.41, 5.74) is 11.5. The molecule has 0 aromatic carbocycles. The highest BCUT2D eigenvalue weighted by Gasteiger charge is 2.24. The van der Waals surface area contributed by atoms with Gasteiger partial charge in [0.1, 0.15) is 11.9 Å². The topological polar surface area (TPSA) is 87.0 Å². The molecule has 6 nitrogen and oxygen atoms in total. The van der Waals surface area contributed by atoms with Crippen LogP contribution in [0.3, 0.4) is 0 Å². The maximum absolute atomic E-state index is 13.4. The predicted molar refractivity (Wildman–Crippen MR) is 78.6 cm³/mol. The molecule has 0 bridgehead atoms. The molecule has 1 aliphatic heterocycles. The second kappa shape index (κ2) is 5.59. The molecule has 1 aromatic rings. The van der Waals surface area contributed by atoms with E-state index in [0.29, 0.717) is 17.0 Å². The zero-order chi connectivity index (χ0) is 15.7. The third kappa shape index (κ3) is 2.76. The molecule has 2 rings (SSSR count). The summed E-state index contributed by atoms with van der Waals surface area (Å²) in [7, 11) is 0. The van der Waals surface area contributed by atoms with Gasteiger partial charge in [-0.3, -0.25) is 14.9 Å². The van der Waals surface area contributed by atoms with Crippen molar-refractivity contribution in [3.05, 3.63) is 34.9 Å². The van der Waals surface area contributed by atoms with Crippen LogP contribution in [0, 0.1) is 6.92 Å². The van der Waals surface area contributed by atoms with E-state index in [0.717, 1.165) is 11.1 Å². The average Bonchev–Trinajstić information content (AvgIpc) is 2.79. The largest absolute Gasteiger partial charge is 0.365 e. The van der Waals surface area contributed by atoms with Crippen molar-refractivity contribution in [2.75, 3.05) is 0 Å². The van der Waals surface area contributed by atoms with Gasteiger partial charge < -0.3 is 11.2 Å². The molecule has 0 radical (unpaired) electrons. The van der Waals surface area contributed by atoms with Gasteiger partial charge in [-0.2, -0.15) is 5.10 Å². The van der Waals surface area contributed by atoms with E-state index < -0.39 is 12.1 Å². The van der Waals surface area contributed by atoms with Gasteiger partial charge in [-0.25, -0.2) is 4.39 Å². The first-order valence-electron chi connectivity index (χ1n) is 6.75. The van der Waals surface area contributed by atoms with E-state index in [4.69, 9.17) is 5.73 Å². The van der Waals surface area contributed by atoms with Gasteiger partial charge in [0.25, 0.3) is 5.91 Å². The second-order valence-electron chi connectivity index (χ2n) is 5.26. The number of allylic oxidation sites excluding steroid dienone is 2. The minimum atomic E-state index is -0.981. The molecule has 0 saturated heterocycles. The van der Waals surface area contributed by atoms with Gasteiger partial charge >= 0.3 is 0 Å². The summed E-state index contributed by atoms with van der Waals surface area (Å²) in [4.78, 5) is 11.6. The van der Waals surface area contributed by atoms with Gasteiger partial charge in [0.15, 0.2) is 0 Å². The summed E-state index contributed by atoms with van der Waals surface area (Å²) < 4.78 is 13.4. The normalized spacial score (nSPS) is 17.7. The molecular weight excluding hydrogens is 273 g/mol. The molecule has 7 heteroatoms. The molecule has 0 aliphatic carbocycles. The van der Waals surface area contributed by atoms with Crippen molar-refractivity contribution >= 4 is 11.5 Å². The number of rotatable bonds is 4. The number of nitrogens with one attached hydrogen (secondary N) is 2. The Labute approximate surface area is 122 Å². The highest BCUT2D eigenvalue weighted by Crippen LogP contribution is 2.28. The lowest BCUT2D eigenvalue weighted by atomic mass is 10.00. The Morgan fingerprint density at radius 2 is 2.10 bits per heavy atom. The number of primary amides is 1. The lowest BCUT2D eigenvalue weighted by Gasteiger charge is -2.32. The molecule has 0 fully saturated rings. The fourth-order valence-corrected chi connectivity index (χ4v) is 2.21. The second-order valence-corrected chi connectivity index (χ2v) is 5.26. The third-order valence-electron chi connectivity index (χ3n) is 3.67. The molecule has 2 heterocycles. The summed E-state index contributed by atoms with van der Waals surface area (Å²) in [5, 5.41) is 8.60. The van der Waals surface area contributed by atoms with Crippen molar-refractivity contribution in [3.63, 3.8) is 0 Å². The van der Waals surface area contributed by atoms with Crippen LogP contribution in [0.2, 0.25) is 0 Å². The van der Waals surface area contributed by atoms with Crippen LogP contribution in [0.5, 0.6) is 0 Å². The summed E-state index contributed by atoms with van der Waals surface area (Å²) in [6.07, 6.45) is 2.52. The number of aromatic amines is 1. The summed E-state index contributed by atoms with van der Waals surface area (Å²) in [5.74, 6) is -0.530. The first-order valence-corrected chi connectivity index (χ1v) is 6.75. The monoisotopic (exact) mass is 293 g/mol. The number of nitrogens with zero attached hydrogens (tertiary/aromatic N) is 2. The predicted octanol–water partition coefficient (Wildman–Crippen LogP) is 1.63. The Balaban J connectivity index is 2.33. The average molecular weight is 293 g/mol. The highest BCUT2D eigenvalue weighted by atomic mass is 19.1. The lowest BCUT2D eigenvalue weighted by Crippen LogP contribution is -2.43. The van der Waals surface area contributed by atoms with E-state index in [-0.39, 0.29) is 6.04 Å². The molecule has 2 unspecified atom stereocenters. The van der Waals surface area contributed by atoms with Crippen LogP contribution in [-0.4, -0.2) is 33.3 Å². The van der Waals surface area contributed by atoms with Crippen LogP contribution in [0.4, 0.5) is 4.39 Å². The van der Waals surface area contributed by atoms with E-state index in [2.05, 4.69) is 15.6 Å². The number of hydrogen-bond acceptors (Lipinski definition) is 4. The van der Waals surface area contributed by atoms with E-state index in [1.165, 1.54) is 6.92 Å². The molecule has 0 spiro atoms. The standard InChI is InChI=1S/C14H20FN5O/c1-7-6-20(10(4)8(2)15)17-5-11(7)13-12(14(16)21)9(3)18-19-13/h5-6,8,10,17H,1-4H3,(H2,16,21)(H,18,19). The van der Waals surface area contributed by atoms with Gasteiger partial charge in [-0.05, 0) is 33.3 Å². The van der Waals surface area contributed by atoms with E-state index in [1.807, 2.05) is 6.92 Å². The van der Waals surface area contributed by atoms with Gasteiger partial charge in [-0.1, -0.05) is 0 Å². The van der Waals surface area contributed by atoms with Gasteiger partial charge in [0, 0.05) is 23.7 Å². The van der Waals surface area contributed by atoms with Crippen LogP contribution in [0.15, 0.2) is 18.0 Å². The zero-order valence-corrected chi connectivity index (χ0v) is 12.6. The van der Waals surface area contributed by atoms with Crippen LogP contribution in [-0.2, 0) is 0 Å². The Bertz CT molecular complexity index is 617. The molecule has 1 aliphatic rings. The number of carbonyl (C=O) groups is 1. The number of alkyl halides is 1. The number of halogens is 1. The Kier molecular flexibility index (Phi) is 4.02. The zero-order valence-electron chi connectivity index (χ0n) is 12.6. The minimum Gasteiger partial charge on any atom is -0.365 e. The van der Waals surface area contributed by atoms with E-state index >= 15 is 0 Å². The summed E-state index contributed by atoms with van der Waals surface area (Å²) in [6, 6.07) is -0.311. The minimum absolute atomic E-state index is 0.311. The van der Waals surface area contributed by atoms with Crippen molar-refractivity contribution in [2.24, 2.45) is 5.73 Å². The molecule has 114 valence electrons. The van der Waals surface area contributed by atoms with Crippen molar-refractivity contribution in [3.8, 4) is 0 Å². The molecule has 4 N–H and O–H groups in total. The molecule has 1 aromatic heterocycles. The number of carbonyl (C=O) groups excluding carboxylic acids is 1. The number of amides is 1. The number of aryl methyl sites for hydroxylation is 1. The van der Waals surface area contributed by atoms with E-state index in [1.54, 1.807) is 31.3 Å². The summed E-state index contributed by atoms with van der Waals surface area (Å²) >= 11 is 0. The Morgan fingerprint density at radius 3 is 2.62 bits per heavy atom. The van der Waals surface area contributed by atoms with Crippen LogP contribution in [0.25, 0.3) is 5.57 Å². The summed E-state index contributed by atoms with van der Waals surface area (Å²) in [6.45, 7) is 6.92. The first-order chi connectivity index (χ1) is 9.82. The number of nitrogens with two attached hydrogens (primary N) is 1. The molecule has 21 heavy (non-hydrogen) atoms. The highest BCUT2D eigenvalue weighted by molar-refractivity contribution is 6.00. The number of H-pyrrole nitrogens is 1. The van der Waals surface area contributed by atoms with Gasteiger partial charge in [0.05, 0.1) is 11.6 Å². The van der Waals surface area contributed by atoms with Crippen molar-refractivity contribution in [1.29, 1.82) is 0 Å². The number of hydrazine groups is 1. The first kappa shape index (κ1) is 15.1. The van der Waals surface area contributed by atoms with E-state index in [9.17, 15) is 9.18 Å². The van der Waals surface area contributed by atoms with Crippen molar-refractivity contribution in [1.82, 2.24) is 20.6 Å². The molecule has 0 saturated carbocycles. The maximum atomic E-state index is 13.4. The Hall–Kier alpha value is -2.31. The van der Waals surface area contributed by atoms with Crippen molar-refractivity contribution < 1.29 is 9.18 Å². The van der Waals surface area contributed by atoms with Crippen LogP contribution < -0.4 is 11.2 Å². The van der Waals surface area contributed by atoms with Crippen LogP contribution in [0.1, 0.15) is 42.5 Å². The molecular formula is C14H20FN5O. The molecule has 1 amide bonds. The van der Waals surface area contributed by atoms with Gasteiger partial charge in [0.2, 0.25) is 0 Å². The lowest BCUT2D eigenvalue weighted by molar-refractivity contribution is 0.0999. The van der Waals surface area contributed by atoms with Gasteiger partial charge in [-0.15, -0.1) is 0 Å². The fourth-order valence-electron chi connectivity index (χ4n) is 2.21. The SMILES string of the molecule is CC1=CN(C(C)C(C)F)NC=C1c1n[nH]c(C)c1C(N)=O. The smallest absolute Gasteiger partial charge is 0.252 e. The fraction of sp³-hybridized carbons (Fsp3) is 0.429. The number of hydrogen-bond donors (Lipinski definition) is 3. The quantitative estimate of drug-likeness (QED) is 0.787. The molecule has 2 atom stereocenters. The third-order valence-corrected chi connectivity index (χ3v) is 3.67. The maximum Gasteiger partial charge on any atom is 0.252 e. The van der Waals surface area contributed by atoms with Crippen LogP contribution >= 0.6 is 0 Å². The number of aromatic nitrogens is 2. The Morgan fingerprint density at radius 1 is 1.43 bits per heavy atom.